The molecule has 0 saturated carbocycles. The van der Waals surface area contributed by atoms with Crippen molar-refractivity contribution < 1.29 is 26.7 Å². The van der Waals surface area contributed by atoms with Gasteiger partial charge < -0.3 is 15.4 Å². The first kappa shape index (κ1) is 26.1. The van der Waals surface area contributed by atoms with Crippen LogP contribution in [0.5, 0.6) is 5.75 Å². The minimum absolute atomic E-state index is 0.00739. The van der Waals surface area contributed by atoms with E-state index in [0.717, 1.165) is 11.3 Å². The molecule has 7 nitrogen and oxygen atoms in total. The number of ether oxygens (including phenoxy) is 1. The number of benzene rings is 1. The molecule has 0 aromatic heterocycles. The van der Waals surface area contributed by atoms with Crippen molar-refractivity contribution >= 4 is 21.5 Å². The summed E-state index contributed by atoms with van der Waals surface area (Å²) in [7, 11) is -3.03. The van der Waals surface area contributed by atoms with Crippen LogP contribution in [-0.2, 0) is 14.6 Å². The summed E-state index contributed by atoms with van der Waals surface area (Å²) in [6, 6.07) is 6.17. The van der Waals surface area contributed by atoms with Crippen molar-refractivity contribution in [3.8, 4) is 5.75 Å². The second-order valence-corrected chi connectivity index (χ2v) is 12.0. The van der Waals surface area contributed by atoms with Gasteiger partial charge in [-0.1, -0.05) is 12.1 Å². The molecule has 1 aliphatic carbocycles. The Kier molecular flexibility index (Phi) is 8.00. The number of hydrogen-bond donors (Lipinski definition) is 3. The van der Waals surface area contributed by atoms with Gasteiger partial charge >= 0.3 is 6.61 Å². The second kappa shape index (κ2) is 10.4. The van der Waals surface area contributed by atoms with E-state index >= 15 is 0 Å². The first-order valence-electron chi connectivity index (χ1n) is 11.5. The van der Waals surface area contributed by atoms with Crippen LogP contribution in [-0.4, -0.2) is 49.7 Å². The highest BCUT2D eigenvalue weighted by Crippen LogP contribution is 2.33. The molecule has 1 atom stereocenters. The van der Waals surface area contributed by atoms with Gasteiger partial charge in [0.1, 0.15) is 15.6 Å². The largest absolute Gasteiger partial charge is 0.435 e. The van der Waals surface area contributed by atoms with Gasteiger partial charge in [0.25, 0.3) is 0 Å². The molecular formula is C24H33F2N3O4S. The van der Waals surface area contributed by atoms with Crippen molar-refractivity contribution in [1.29, 1.82) is 5.41 Å². The minimum atomic E-state index is -3.03. The van der Waals surface area contributed by atoms with Gasteiger partial charge in [0, 0.05) is 28.8 Å². The maximum Gasteiger partial charge on any atom is 0.387 e. The summed E-state index contributed by atoms with van der Waals surface area (Å²) >= 11 is 0. The molecule has 3 N–H and O–H groups in total. The van der Waals surface area contributed by atoms with Crippen LogP contribution >= 0.6 is 0 Å². The van der Waals surface area contributed by atoms with Gasteiger partial charge in [-0.15, -0.1) is 0 Å². The molecule has 1 fully saturated rings. The Morgan fingerprint density at radius 3 is 2.53 bits per heavy atom. The van der Waals surface area contributed by atoms with Crippen molar-refractivity contribution in [2.45, 2.75) is 71.1 Å². The maximum atomic E-state index is 13.1. The number of amides is 1. The second-order valence-electron chi connectivity index (χ2n) is 9.68. The van der Waals surface area contributed by atoms with E-state index in [1.54, 1.807) is 12.1 Å². The Morgan fingerprint density at radius 1 is 1.24 bits per heavy atom. The normalized spacial score (nSPS) is 21.9. The lowest BCUT2D eigenvalue weighted by Crippen LogP contribution is -2.53. The summed E-state index contributed by atoms with van der Waals surface area (Å²) in [5, 5.41) is 15.2. The SMILES string of the molecule is CC(C)NC1=C(C(=N)c2cccc(OC(F)F)c2)CC[C@@H](C(=O)NC2(C)CCS(=O)(=O)CC2)C1. The molecule has 0 unspecified atom stereocenters. The number of carbonyl (C=O) groups excluding carboxylic acids is 1. The van der Waals surface area contributed by atoms with Crippen LogP contribution in [0.4, 0.5) is 8.78 Å². The molecule has 1 aromatic rings. The van der Waals surface area contributed by atoms with E-state index in [1.165, 1.54) is 12.1 Å². The topological polar surface area (TPSA) is 108 Å². The molecule has 1 saturated heterocycles. The van der Waals surface area contributed by atoms with Gasteiger partial charge in [-0.2, -0.15) is 8.78 Å². The zero-order chi connectivity index (χ0) is 25.1. The van der Waals surface area contributed by atoms with E-state index in [9.17, 15) is 22.0 Å². The number of alkyl halides is 2. The summed E-state index contributed by atoms with van der Waals surface area (Å²) in [6.07, 6.45) is 2.23. The van der Waals surface area contributed by atoms with Crippen molar-refractivity contribution in [3.63, 3.8) is 0 Å². The predicted octanol–water partition coefficient (Wildman–Crippen LogP) is 3.79. The van der Waals surface area contributed by atoms with Crippen LogP contribution in [0.3, 0.4) is 0 Å². The molecule has 34 heavy (non-hydrogen) atoms. The zero-order valence-electron chi connectivity index (χ0n) is 19.8. The van der Waals surface area contributed by atoms with Crippen molar-refractivity contribution in [3.05, 3.63) is 41.1 Å². The van der Waals surface area contributed by atoms with Crippen LogP contribution in [0.1, 0.15) is 58.4 Å². The molecule has 2 aliphatic rings. The lowest BCUT2D eigenvalue weighted by molar-refractivity contribution is -0.127. The van der Waals surface area contributed by atoms with Crippen LogP contribution < -0.4 is 15.4 Å². The highest BCUT2D eigenvalue weighted by atomic mass is 32.2. The quantitative estimate of drug-likeness (QED) is 0.474. The average Bonchev–Trinajstić information content (AvgIpc) is 2.75. The van der Waals surface area contributed by atoms with Gasteiger partial charge in [-0.25, -0.2) is 8.42 Å². The van der Waals surface area contributed by atoms with E-state index in [-0.39, 0.29) is 40.8 Å². The smallest absolute Gasteiger partial charge is 0.387 e. The van der Waals surface area contributed by atoms with Gasteiger partial charge in [0.15, 0.2) is 0 Å². The van der Waals surface area contributed by atoms with Crippen LogP contribution in [0.15, 0.2) is 35.5 Å². The number of rotatable bonds is 8. The van der Waals surface area contributed by atoms with Crippen LogP contribution in [0, 0.1) is 11.3 Å². The molecular weight excluding hydrogens is 464 g/mol. The summed E-state index contributed by atoms with van der Waals surface area (Å²) in [5.74, 6) is -0.273. The fraction of sp³-hybridized carbons (Fsp3) is 0.583. The Morgan fingerprint density at radius 2 is 1.91 bits per heavy atom. The van der Waals surface area contributed by atoms with Gasteiger partial charge in [0.2, 0.25) is 5.91 Å². The number of hydrogen-bond acceptors (Lipinski definition) is 6. The molecule has 0 bridgehead atoms. The Hall–Kier alpha value is -2.49. The minimum Gasteiger partial charge on any atom is -0.435 e. The van der Waals surface area contributed by atoms with Crippen molar-refractivity contribution in [2.24, 2.45) is 5.92 Å². The molecule has 1 amide bonds. The van der Waals surface area contributed by atoms with Gasteiger partial charge in [-0.3, -0.25) is 10.2 Å². The Bertz CT molecular complexity index is 1060. The van der Waals surface area contributed by atoms with E-state index in [4.69, 9.17) is 5.41 Å². The number of allylic oxidation sites excluding steroid dienone is 2. The van der Waals surface area contributed by atoms with E-state index in [0.29, 0.717) is 37.7 Å². The molecule has 10 heteroatoms. The lowest BCUT2D eigenvalue weighted by Gasteiger charge is -2.37. The molecule has 0 radical (unpaired) electrons. The number of carbonyl (C=O) groups is 1. The fourth-order valence-electron chi connectivity index (χ4n) is 4.45. The fourth-order valence-corrected chi connectivity index (χ4v) is 6.18. The Labute approximate surface area is 199 Å². The Balaban J connectivity index is 1.77. The summed E-state index contributed by atoms with van der Waals surface area (Å²) in [4.78, 5) is 13.1. The summed E-state index contributed by atoms with van der Waals surface area (Å²) in [6.45, 7) is 2.89. The monoisotopic (exact) mass is 497 g/mol. The van der Waals surface area contributed by atoms with Crippen molar-refractivity contribution in [2.75, 3.05) is 11.5 Å². The van der Waals surface area contributed by atoms with Gasteiger partial charge in [-0.05, 0) is 70.6 Å². The predicted molar refractivity (Wildman–Crippen MR) is 127 cm³/mol. The first-order valence-corrected chi connectivity index (χ1v) is 13.3. The molecule has 188 valence electrons. The van der Waals surface area contributed by atoms with Gasteiger partial charge in [0.05, 0.1) is 17.2 Å². The van der Waals surface area contributed by atoms with Crippen LogP contribution in [0.2, 0.25) is 0 Å². The summed E-state index contributed by atoms with van der Waals surface area (Å²) in [5.41, 5.74) is 1.68. The van der Waals surface area contributed by atoms with Crippen molar-refractivity contribution in [1.82, 2.24) is 10.6 Å². The summed E-state index contributed by atoms with van der Waals surface area (Å²) < 4.78 is 53.2. The molecule has 1 heterocycles. The molecule has 1 aliphatic heterocycles. The van der Waals surface area contributed by atoms with E-state index in [2.05, 4.69) is 15.4 Å². The number of sulfone groups is 1. The maximum absolute atomic E-state index is 13.1. The van der Waals surface area contributed by atoms with E-state index in [1.807, 2.05) is 20.8 Å². The van der Waals surface area contributed by atoms with E-state index < -0.39 is 22.0 Å². The molecule has 1 aromatic carbocycles. The average molecular weight is 498 g/mol. The third-order valence-corrected chi connectivity index (χ3v) is 8.05. The third-order valence-electron chi connectivity index (χ3n) is 6.40. The number of halogens is 2. The highest BCUT2D eigenvalue weighted by Gasteiger charge is 2.37. The first-order chi connectivity index (χ1) is 15.9. The number of nitrogens with one attached hydrogen (secondary N) is 3. The van der Waals surface area contributed by atoms with Crippen LogP contribution in [0.25, 0.3) is 0 Å². The molecule has 0 spiro atoms. The third kappa shape index (κ3) is 6.77. The lowest BCUT2D eigenvalue weighted by atomic mass is 9.82. The standard InChI is InChI=1S/C24H33F2N3O4S/c1-15(2)28-20-14-17(22(30)29-24(3)9-11-34(31,32)12-10-24)7-8-19(20)21(27)16-5-4-6-18(13-16)33-23(25)26/h4-6,13,15,17,23,27-28H,7-12,14H2,1-3H3,(H,29,30)/t17-/m1/s1. The molecule has 3 rings (SSSR count). The highest BCUT2D eigenvalue weighted by molar-refractivity contribution is 7.91. The zero-order valence-corrected chi connectivity index (χ0v) is 20.6.